The lowest BCUT2D eigenvalue weighted by molar-refractivity contribution is -0.118. The molecule has 3 rings (SSSR count). The van der Waals surface area contributed by atoms with Crippen molar-refractivity contribution in [3.63, 3.8) is 0 Å². The van der Waals surface area contributed by atoms with Crippen molar-refractivity contribution in [3.8, 4) is 11.8 Å². The van der Waals surface area contributed by atoms with Crippen molar-refractivity contribution in [3.05, 3.63) is 94.0 Å². The van der Waals surface area contributed by atoms with Crippen molar-refractivity contribution < 1.29 is 14.3 Å². The van der Waals surface area contributed by atoms with E-state index in [0.717, 1.165) is 0 Å². The van der Waals surface area contributed by atoms with Crippen LogP contribution in [0.3, 0.4) is 0 Å². The second-order valence-corrected chi connectivity index (χ2v) is 7.36. The summed E-state index contributed by atoms with van der Waals surface area (Å²) in [6, 6.07) is 22.0. The fourth-order valence-corrected chi connectivity index (χ4v) is 2.92. The van der Waals surface area contributed by atoms with Crippen LogP contribution in [0.15, 0.2) is 78.4 Å². The molecule has 0 atom stereocenters. The molecule has 0 saturated carbocycles. The van der Waals surface area contributed by atoms with E-state index in [1.807, 2.05) is 6.07 Å². The molecule has 2 N–H and O–H groups in total. The van der Waals surface area contributed by atoms with Crippen molar-refractivity contribution in [1.29, 1.82) is 5.26 Å². The lowest BCUT2D eigenvalue weighted by Gasteiger charge is -2.08. The first-order chi connectivity index (χ1) is 15.4. The largest absolute Gasteiger partial charge is 0.484 e. The van der Waals surface area contributed by atoms with Gasteiger partial charge in [0.25, 0.3) is 11.8 Å². The lowest BCUT2D eigenvalue weighted by atomic mass is 10.1. The molecule has 0 aromatic heterocycles. The summed E-state index contributed by atoms with van der Waals surface area (Å²) in [6.07, 6.45) is 1.45. The van der Waals surface area contributed by atoms with E-state index < -0.39 is 5.91 Å². The van der Waals surface area contributed by atoms with Gasteiger partial charge in [0, 0.05) is 10.7 Å². The zero-order valence-electron chi connectivity index (χ0n) is 16.6. The highest BCUT2D eigenvalue weighted by molar-refractivity contribution is 6.34. The minimum absolute atomic E-state index is 0.0825. The van der Waals surface area contributed by atoms with E-state index in [2.05, 4.69) is 10.6 Å². The molecule has 0 heterocycles. The molecular weight excluding hydrogens is 449 g/mol. The summed E-state index contributed by atoms with van der Waals surface area (Å²) in [7, 11) is 0. The van der Waals surface area contributed by atoms with Crippen LogP contribution in [-0.4, -0.2) is 18.4 Å². The van der Waals surface area contributed by atoms with Crippen LogP contribution in [0.2, 0.25) is 10.0 Å². The molecule has 3 aromatic carbocycles. The molecule has 160 valence electrons. The summed E-state index contributed by atoms with van der Waals surface area (Å²) < 4.78 is 5.47. The van der Waals surface area contributed by atoms with Gasteiger partial charge in [0.05, 0.1) is 10.7 Å². The smallest absolute Gasteiger partial charge is 0.266 e. The Labute approximate surface area is 195 Å². The maximum absolute atomic E-state index is 12.4. The molecule has 0 aliphatic carbocycles. The van der Waals surface area contributed by atoms with Gasteiger partial charge in [-0.1, -0.05) is 47.5 Å². The molecule has 0 unspecified atom stereocenters. The average Bonchev–Trinajstić information content (AvgIpc) is 2.80. The van der Waals surface area contributed by atoms with Crippen molar-refractivity contribution in [1.82, 2.24) is 0 Å². The number of rotatable bonds is 7. The normalized spacial score (nSPS) is 10.7. The predicted molar refractivity (Wildman–Crippen MR) is 126 cm³/mol. The summed E-state index contributed by atoms with van der Waals surface area (Å²) >= 11 is 11.8. The van der Waals surface area contributed by atoms with Gasteiger partial charge in [-0.25, -0.2) is 0 Å². The molecule has 0 spiro atoms. The Hall–Kier alpha value is -3.79. The topological polar surface area (TPSA) is 91.2 Å². The average molecular weight is 466 g/mol. The van der Waals surface area contributed by atoms with E-state index in [4.69, 9.17) is 27.9 Å². The van der Waals surface area contributed by atoms with E-state index in [1.165, 1.54) is 6.08 Å². The van der Waals surface area contributed by atoms with Gasteiger partial charge in [-0.15, -0.1) is 0 Å². The van der Waals surface area contributed by atoms with E-state index in [1.54, 1.807) is 72.8 Å². The predicted octanol–water partition coefficient (Wildman–Crippen LogP) is 5.56. The Morgan fingerprint density at radius 3 is 2.28 bits per heavy atom. The maximum Gasteiger partial charge on any atom is 0.266 e. The monoisotopic (exact) mass is 465 g/mol. The first kappa shape index (κ1) is 22.9. The quantitative estimate of drug-likeness (QED) is 0.353. The minimum Gasteiger partial charge on any atom is -0.484 e. The van der Waals surface area contributed by atoms with E-state index >= 15 is 0 Å². The van der Waals surface area contributed by atoms with E-state index in [-0.39, 0.29) is 18.1 Å². The maximum atomic E-state index is 12.4. The number of nitrogens with zero attached hydrogens (tertiary/aromatic N) is 1. The molecule has 0 fully saturated rings. The van der Waals surface area contributed by atoms with Gasteiger partial charge in [0.15, 0.2) is 6.61 Å². The first-order valence-corrected chi connectivity index (χ1v) is 10.2. The number of anilines is 2. The number of ether oxygens (including phenoxy) is 1. The second kappa shape index (κ2) is 11.0. The van der Waals surface area contributed by atoms with Crippen molar-refractivity contribution in [2.24, 2.45) is 0 Å². The Morgan fingerprint density at radius 2 is 1.62 bits per heavy atom. The molecule has 8 heteroatoms. The van der Waals surface area contributed by atoms with Gasteiger partial charge in [-0.3, -0.25) is 9.59 Å². The summed E-state index contributed by atoms with van der Waals surface area (Å²) in [5.41, 5.74) is 1.57. The zero-order chi connectivity index (χ0) is 22.9. The van der Waals surface area contributed by atoms with Crippen LogP contribution in [0.5, 0.6) is 5.75 Å². The van der Waals surface area contributed by atoms with E-state index in [9.17, 15) is 14.9 Å². The number of para-hydroxylation sites is 1. The molecule has 6 nitrogen and oxygen atoms in total. The number of benzene rings is 3. The summed E-state index contributed by atoms with van der Waals surface area (Å²) in [4.78, 5) is 24.4. The van der Waals surface area contributed by atoms with Gasteiger partial charge in [-0.2, -0.15) is 5.26 Å². The number of carbonyl (C=O) groups is 2. The Kier molecular flexibility index (Phi) is 7.87. The van der Waals surface area contributed by atoms with Gasteiger partial charge in [0.2, 0.25) is 0 Å². The van der Waals surface area contributed by atoms with E-state index in [0.29, 0.717) is 32.7 Å². The summed E-state index contributed by atoms with van der Waals surface area (Å²) in [5.74, 6) is -0.425. The van der Waals surface area contributed by atoms with Gasteiger partial charge in [0.1, 0.15) is 17.4 Å². The Balaban J connectivity index is 1.57. The first-order valence-electron chi connectivity index (χ1n) is 9.40. The third-order valence-corrected chi connectivity index (χ3v) is 4.76. The minimum atomic E-state index is -0.570. The SMILES string of the molecule is N#C/C(=C\c1ccc(OCC(=O)Nc2ccc(Cl)cc2)cc1)C(=O)Nc1ccccc1Cl. The second-order valence-electron chi connectivity index (χ2n) is 6.52. The van der Waals surface area contributed by atoms with Crippen LogP contribution >= 0.6 is 23.2 Å². The van der Waals surface area contributed by atoms with Gasteiger partial charge in [-0.05, 0) is 60.2 Å². The molecular formula is C24H17Cl2N3O3. The molecule has 2 amide bonds. The standard InChI is InChI=1S/C24H17Cl2N3O3/c25-18-7-9-19(10-8-18)28-23(30)15-32-20-11-5-16(6-12-20)13-17(14-27)24(31)29-22-4-2-1-3-21(22)26/h1-13H,15H2,(H,28,30)(H,29,31)/b17-13+. The number of carbonyl (C=O) groups excluding carboxylic acids is 2. The molecule has 0 aliphatic heterocycles. The van der Waals surface area contributed by atoms with Crippen LogP contribution < -0.4 is 15.4 Å². The van der Waals surface area contributed by atoms with Crippen LogP contribution in [0, 0.1) is 11.3 Å². The Morgan fingerprint density at radius 1 is 0.938 bits per heavy atom. The number of nitrogens with one attached hydrogen (secondary N) is 2. The molecule has 3 aromatic rings. The number of nitriles is 1. The highest BCUT2D eigenvalue weighted by Gasteiger charge is 2.11. The van der Waals surface area contributed by atoms with Crippen molar-refractivity contribution >= 4 is 52.5 Å². The van der Waals surface area contributed by atoms with Crippen molar-refractivity contribution in [2.75, 3.05) is 17.2 Å². The highest BCUT2D eigenvalue weighted by Crippen LogP contribution is 2.22. The summed E-state index contributed by atoms with van der Waals surface area (Å²) in [6.45, 7) is -0.179. The zero-order valence-corrected chi connectivity index (χ0v) is 18.2. The Bertz CT molecular complexity index is 1180. The molecule has 0 bridgehead atoms. The summed E-state index contributed by atoms with van der Waals surface area (Å²) in [5, 5.41) is 15.6. The van der Waals surface area contributed by atoms with Crippen LogP contribution in [0.4, 0.5) is 11.4 Å². The number of amides is 2. The third-order valence-electron chi connectivity index (χ3n) is 4.18. The molecule has 0 radical (unpaired) electrons. The van der Waals surface area contributed by atoms with Crippen LogP contribution in [0.1, 0.15) is 5.56 Å². The van der Waals surface area contributed by atoms with Crippen LogP contribution in [0.25, 0.3) is 6.08 Å². The number of hydrogen-bond donors (Lipinski definition) is 2. The fraction of sp³-hybridized carbons (Fsp3) is 0.0417. The molecule has 32 heavy (non-hydrogen) atoms. The van der Waals surface area contributed by atoms with Crippen LogP contribution in [-0.2, 0) is 9.59 Å². The van der Waals surface area contributed by atoms with Crippen molar-refractivity contribution in [2.45, 2.75) is 0 Å². The molecule has 0 aliphatic rings. The number of halogens is 2. The highest BCUT2D eigenvalue weighted by atomic mass is 35.5. The third kappa shape index (κ3) is 6.61. The lowest BCUT2D eigenvalue weighted by Crippen LogP contribution is -2.20. The van der Waals surface area contributed by atoms with Gasteiger partial charge >= 0.3 is 0 Å². The van der Waals surface area contributed by atoms with Gasteiger partial charge < -0.3 is 15.4 Å². The molecule has 0 saturated heterocycles. The number of hydrogen-bond acceptors (Lipinski definition) is 4. The fourth-order valence-electron chi connectivity index (χ4n) is 2.61.